The molecule has 1 heterocycles. The molecule has 0 radical (unpaired) electrons. The Balaban J connectivity index is 1.97. The van der Waals surface area contributed by atoms with Crippen LogP contribution in [0.15, 0.2) is 42.5 Å². The molecule has 1 aliphatic heterocycles. The lowest BCUT2D eigenvalue weighted by atomic mass is 9.89. The molecule has 3 rings (SSSR count). The first-order valence-corrected chi connectivity index (χ1v) is 7.22. The van der Waals surface area contributed by atoms with Crippen molar-refractivity contribution in [3.8, 4) is 5.75 Å². The summed E-state index contributed by atoms with van der Waals surface area (Å²) in [4.78, 5) is 0. The van der Waals surface area contributed by atoms with Crippen molar-refractivity contribution >= 4 is 11.6 Å². The van der Waals surface area contributed by atoms with Crippen LogP contribution >= 0.6 is 11.6 Å². The SMILES string of the molecule is CC(c1ccccc1)C(O)c1cc(Cl)cc2c1OCC2. The molecule has 0 saturated carbocycles. The second-order valence-corrected chi connectivity index (χ2v) is 5.66. The van der Waals surface area contributed by atoms with E-state index < -0.39 is 6.10 Å². The molecule has 2 aromatic carbocycles. The molecular formula is C17H17ClO2. The summed E-state index contributed by atoms with van der Waals surface area (Å²) in [5, 5.41) is 11.3. The Kier molecular flexibility index (Phi) is 3.68. The topological polar surface area (TPSA) is 29.5 Å². The number of halogens is 1. The molecule has 2 nitrogen and oxygen atoms in total. The van der Waals surface area contributed by atoms with E-state index in [0.717, 1.165) is 28.9 Å². The van der Waals surface area contributed by atoms with Crippen LogP contribution in [-0.2, 0) is 6.42 Å². The summed E-state index contributed by atoms with van der Waals surface area (Å²) in [7, 11) is 0. The summed E-state index contributed by atoms with van der Waals surface area (Å²) < 4.78 is 5.67. The van der Waals surface area contributed by atoms with Crippen molar-refractivity contribution < 1.29 is 9.84 Å². The van der Waals surface area contributed by atoms with Crippen molar-refractivity contribution in [3.63, 3.8) is 0 Å². The van der Waals surface area contributed by atoms with Crippen molar-refractivity contribution in [1.82, 2.24) is 0 Å². The molecule has 0 bridgehead atoms. The van der Waals surface area contributed by atoms with E-state index in [4.69, 9.17) is 16.3 Å². The zero-order chi connectivity index (χ0) is 14.1. The van der Waals surface area contributed by atoms with E-state index in [1.54, 1.807) is 0 Å². The minimum atomic E-state index is -0.622. The average molecular weight is 289 g/mol. The summed E-state index contributed by atoms with van der Waals surface area (Å²) in [6, 6.07) is 13.7. The van der Waals surface area contributed by atoms with Crippen LogP contribution in [0.5, 0.6) is 5.75 Å². The number of fused-ring (bicyclic) bond motifs is 1. The van der Waals surface area contributed by atoms with Gasteiger partial charge in [-0.05, 0) is 23.3 Å². The summed E-state index contributed by atoms with van der Waals surface area (Å²) in [6.07, 6.45) is 0.234. The lowest BCUT2D eigenvalue weighted by molar-refractivity contribution is 0.147. The Morgan fingerprint density at radius 3 is 2.70 bits per heavy atom. The van der Waals surface area contributed by atoms with E-state index >= 15 is 0 Å². The first kappa shape index (κ1) is 13.5. The molecule has 3 heteroatoms. The van der Waals surface area contributed by atoms with Crippen LogP contribution in [0.2, 0.25) is 5.02 Å². The molecule has 0 spiro atoms. The second-order valence-electron chi connectivity index (χ2n) is 5.23. The highest BCUT2D eigenvalue weighted by atomic mass is 35.5. The third-order valence-corrected chi connectivity index (χ3v) is 4.11. The highest BCUT2D eigenvalue weighted by Crippen LogP contribution is 2.41. The van der Waals surface area contributed by atoms with E-state index in [1.807, 2.05) is 49.4 Å². The summed E-state index contributed by atoms with van der Waals surface area (Å²) in [5.41, 5.74) is 2.99. The lowest BCUT2D eigenvalue weighted by Crippen LogP contribution is -2.09. The molecule has 0 fully saturated rings. The van der Waals surface area contributed by atoms with Crippen LogP contribution in [0.3, 0.4) is 0 Å². The fraction of sp³-hybridized carbons (Fsp3) is 0.294. The fourth-order valence-electron chi connectivity index (χ4n) is 2.73. The average Bonchev–Trinajstić information content (AvgIpc) is 2.94. The number of rotatable bonds is 3. The smallest absolute Gasteiger partial charge is 0.128 e. The van der Waals surface area contributed by atoms with Gasteiger partial charge in [-0.25, -0.2) is 0 Å². The van der Waals surface area contributed by atoms with E-state index in [-0.39, 0.29) is 5.92 Å². The standard InChI is InChI=1S/C17H17ClO2/c1-11(12-5-3-2-4-6-12)16(19)15-10-14(18)9-13-7-8-20-17(13)15/h2-6,9-11,16,19H,7-8H2,1H3. The van der Waals surface area contributed by atoms with Crippen LogP contribution in [-0.4, -0.2) is 11.7 Å². The molecule has 0 saturated heterocycles. The van der Waals surface area contributed by atoms with Crippen LogP contribution in [0.1, 0.15) is 35.6 Å². The number of ether oxygens (including phenoxy) is 1. The van der Waals surface area contributed by atoms with Gasteiger partial charge in [0, 0.05) is 22.9 Å². The molecule has 20 heavy (non-hydrogen) atoms. The Morgan fingerprint density at radius 1 is 1.20 bits per heavy atom. The minimum absolute atomic E-state index is 0.0111. The predicted octanol–water partition coefficient (Wildman–Crippen LogP) is 4.11. The van der Waals surface area contributed by atoms with E-state index in [9.17, 15) is 5.11 Å². The number of aliphatic hydroxyl groups is 1. The van der Waals surface area contributed by atoms with E-state index in [0.29, 0.717) is 11.6 Å². The third-order valence-electron chi connectivity index (χ3n) is 3.89. The highest BCUT2D eigenvalue weighted by Gasteiger charge is 2.26. The van der Waals surface area contributed by atoms with Crippen LogP contribution in [0.25, 0.3) is 0 Å². The van der Waals surface area contributed by atoms with Crippen LogP contribution < -0.4 is 4.74 Å². The molecule has 104 valence electrons. The molecule has 1 aliphatic rings. The molecule has 0 aromatic heterocycles. The fourth-order valence-corrected chi connectivity index (χ4v) is 2.98. The van der Waals surface area contributed by atoms with Gasteiger partial charge in [-0.15, -0.1) is 0 Å². The summed E-state index contributed by atoms with van der Waals surface area (Å²) in [5.74, 6) is 0.799. The monoisotopic (exact) mass is 288 g/mol. The Bertz CT molecular complexity index is 610. The van der Waals surface area contributed by atoms with Crippen molar-refractivity contribution in [2.75, 3.05) is 6.61 Å². The maximum absolute atomic E-state index is 10.7. The van der Waals surface area contributed by atoms with Gasteiger partial charge in [0.05, 0.1) is 12.7 Å². The van der Waals surface area contributed by atoms with Crippen molar-refractivity contribution in [2.24, 2.45) is 0 Å². The molecular weight excluding hydrogens is 272 g/mol. The Morgan fingerprint density at radius 2 is 1.95 bits per heavy atom. The van der Waals surface area contributed by atoms with Gasteiger partial charge in [0.2, 0.25) is 0 Å². The van der Waals surface area contributed by atoms with Gasteiger partial charge in [-0.1, -0.05) is 48.9 Å². The first-order valence-electron chi connectivity index (χ1n) is 6.85. The summed E-state index contributed by atoms with van der Waals surface area (Å²) in [6.45, 7) is 2.68. The van der Waals surface area contributed by atoms with E-state index in [2.05, 4.69) is 0 Å². The number of hydrogen-bond donors (Lipinski definition) is 1. The van der Waals surface area contributed by atoms with Gasteiger partial charge >= 0.3 is 0 Å². The molecule has 2 atom stereocenters. The zero-order valence-electron chi connectivity index (χ0n) is 11.3. The number of benzene rings is 2. The molecule has 1 N–H and O–H groups in total. The third kappa shape index (κ3) is 2.41. The van der Waals surface area contributed by atoms with Crippen LogP contribution in [0.4, 0.5) is 0 Å². The quantitative estimate of drug-likeness (QED) is 0.921. The van der Waals surface area contributed by atoms with E-state index in [1.165, 1.54) is 0 Å². The van der Waals surface area contributed by atoms with Crippen molar-refractivity contribution in [3.05, 3.63) is 64.2 Å². The van der Waals surface area contributed by atoms with Crippen molar-refractivity contribution in [2.45, 2.75) is 25.4 Å². The lowest BCUT2D eigenvalue weighted by Gasteiger charge is -2.22. The molecule has 2 aromatic rings. The van der Waals surface area contributed by atoms with Gasteiger partial charge in [0.15, 0.2) is 0 Å². The Labute approximate surface area is 124 Å². The van der Waals surface area contributed by atoms with Crippen molar-refractivity contribution in [1.29, 1.82) is 0 Å². The zero-order valence-corrected chi connectivity index (χ0v) is 12.1. The largest absolute Gasteiger partial charge is 0.493 e. The van der Waals surface area contributed by atoms with Gasteiger partial charge in [0.25, 0.3) is 0 Å². The van der Waals surface area contributed by atoms with Gasteiger partial charge < -0.3 is 9.84 Å². The van der Waals surface area contributed by atoms with Gasteiger partial charge in [-0.2, -0.15) is 0 Å². The number of aliphatic hydroxyl groups excluding tert-OH is 1. The minimum Gasteiger partial charge on any atom is -0.493 e. The van der Waals surface area contributed by atoms with Crippen LogP contribution in [0, 0.1) is 0 Å². The Hall–Kier alpha value is -1.51. The predicted molar refractivity (Wildman–Crippen MR) is 80.5 cm³/mol. The maximum atomic E-state index is 10.7. The first-order chi connectivity index (χ1) is 9.66. The normalized spacial score (nSPS) is 16.4. The maximum Gasteiger partial charge on any atom is 0.128 e. The second kappa shape index (κ2) is 5.47. The molecule has 2 unspecified atom stereocenters. The number of hydrogen-bond acceptors (Lipinski definition) is 2. The van der Waals surface area contributed by atoms with Gasteiger partial charge in [-0.3, -0.25) is 0 Å². The summed E-state index contributed by atoms with van der Waals surface area (Å²) >= 11 is 6.16. The van der Waals surface area contributed by atoms with Gasteiger partial charge in [0.1, 0.15) is 5.75 Å². The highest BCUT2D eigenvalue weighted by molar-refractivity contribution is 6.30. The molecule has 0 amide bonds. The molecule has 0 aliphatic carbocycles.